The van der Waals surface area contributed by atoms with Crippen LogP contribution in [0.5, 0.6) is 0 Å². The fraction of sp³-hybridized carbons (Fsp3) is 0.562. The standard InChI is InChI=1S/C16H26N2O/c1-4-7-13(6-3)14-8-10-15(11-9-14)18-16(19)17-12-5-2/h8-11,13H,4-7,12H2,1-3H3,(H2,17,18,19). The van der Waals surface area contributed by atoms with Crippen molar-refractivity contribution in [2.45, 2.75) is 52.4 Å². The molecule has 0 saturated heterocycles. The molecule has 0 heterocycles. The molecule has 106 valence electrons. The highest BCUT2D eigenvalue weighted by atomic mass is 16.2. The first kappa shape index (κ1) is 15.5. The maximum absolute atomic E-state index is 11.5. The second-order valence-corrected chi connectivity index (χ2v) is 4.90. The van der Waals surface area contributed by atoms with Crippen LogP contribution in [0.2, 0.25) is 0 Å². The Labute approximate surface area is 116 Å². The van der Waals surface area contributed by atoms with Crippen LogP contribution in [0.1, 0.15) is 57.9 Å². The van der Waals surface area contributed by atoms with Gasteiger partial charge in [0, 0.05) is 12.2 Å². The molecule has 2 N–H and O–H groups in total. The second kappa shape index (κ2) is 8.57. The number of hydrogen-bond acceptors (Lipinski definition) is 1. The molecule has 0 aliphatic rings. The molecule has 19 heavy (non-hydrogen) atoms. The minimum absolute atomic E-state index is 0.129. The lowest BCUT2D eigenvalue weighted by Crippen LogP contribution is -2.29. The summed E-state index contributed by atoms with van der Waals surface area (Å²) in [6, 6.07) is 8.09. The van der Waals surface area contributed by atoms with Gasteiger partial charge in [-0.25, -0.2) is 4.79 Å². The molecule has 1 unspecified atom stereocenters. The van der Waals surface area contributed by atoms with Gasteiger partial charge in [0.1, 0.15) is 0 Å². The zero-order chi connectivity index (χ0) is 14.1. The quantitative estimate of drug-likeness (QED) is 0.745. The van der Waals surface area contributed by atoms with Crippen LogP contribution in [-0.4, -0.2) is 12.6 Å². The van der Waals surface area contributed by atoms with E-state index in [1.54, 1.807) is 0 Å². The average Bonchev–Trinajstić information content (AvgIpc) is 2.43. The van der Waals surface area contributed by atoms with E-state index in [9.17, 15) is 4.79 Å². The molecule has 1 atom stereocenters. The van der Waals surface area contributed by atoms with Gasteiger partial charge in [-0.3, -0.25) is 0 Å². The van der Waals surface area contributed by atoms with Gasteiger partial charge in [-0.2, -0.15) is 0 Å². The van der Waals surface area contributed by atoms with Crippen molar-refractivity contribution in [3.8, 4) is 0 Å². The zero-order valence-corrected chi connectivity index (χ0v) is 12.3. The third-order valence-electron chi connectivity index (χ3n) is 3.31. The van der Waals surface area contributed by atoms with Gasteiger partial charge in [0.15, 0.2) is 0 Å². The summed E-state index contributed by atoms with van der Waals surface area (Å²) in [6.45, 7) is 7.19. The Bertz CT molecular complexity index is 373. The SMILES string of the molecule is CCCNC(=O)Nc1ccc(C(CC)CCC)cc1. The largest absolute Gasteiger partial charge is 0.338 e. The zero-order valence-electron chi connectivity index (χ0n) is 12.3. The smallest absolute Gasteiger partial charge is 0.319 e. The molecule has 3 nitrogen and oxygen atoms in total. The van der Waals surface area contributed by atoms with Crippen LogP contribution in [0.3, 0.4) is 0 Å². The molecular formula is C16H26N2O. The molecule has 0 aliphatic heterocycles. The fourth-order valence-electron chi connectivity index (χ4n) is 2.21. The third kappa shape index (κ3) is 5.33. The summed E-state index contributed by atoms with van der Waals surface area (Å²) in [7, 11) is 0. The van der Waals surface area contributed by atoms with Gasteiger partial charge in [-0.15, -0.1) is 0 Å². The molecule has 0 radical (unpaired) electrons. The van der Waals surface area contributed by atoms with Crippen molar-refractivity contribution >= 4 is 11.7 Å². The van der Waals surface area contributed by atoms with E-state index in [-0.39, 0.29) is 6.03 Å². The van der Waals surface area contributed by atoms with Crippen molar-refractivity contribution in [2.24, 2.45) is 0 Å². The van der Waals surface area contributed by atoms with E-state index in [0.29, 0.717) is 12.5 Å². The third-order valence-corrected chi connectivity index (χ3v) is 3.31. The lowest BCUT2D eigenvalue weighted by molar-refractivity contribution is 0.252. The number of carbonyl (C=O) groups is 1. The predicted molar refractivity (Wildman–Crippen MR) is 81.7 cm³/mol. The Balaban J connectivity index is 2.58. The summed E-state index contributed by atoms with van der Waals surface area (Å²) in [4.78, 5) is 11.5. The van der Waals surface area contributed by atoms with Gasteiger partial charge >= 0.3 is 6.03 Å². The number of carbonyl (C=O) groups excluding carboxylic acids is 1. The minimum Gasteiger partial charge on any atom is -0.338 e. The van der Waals surface area contributed by atoms with Crippen LogP contribution >= 0.6 is 0 Å². The van der Waals surface area contributed by atoms with E-state index in [0.717, 1.165) is 18.5 Å². The number of urea groups is 1. The van der Waals surface area contributed by atoms with Crippen molar-refractivity contribution in [2.75, 3.05) is 11.9 Å². The normalized spacial score (nSPS) is 11.9. The van der Waals surface area contributed by atoms with Gasteiger partial charge in [0.2, 0.25) is 0 Å². The van der Waals surface area contributed by atoms with Crippen molar-refractivity contribution in [3.63, 3.8) is 0 Å². The number of hydrogen-bond donors (Lipinski definition) is 2. The van der Waals surface area contributed by atoms with Gasteiger partial charge in [-0.1, -0.05) is 39.3 Å². The monoisotopic (exact) mass is 262 g/mol. The topological polar surface area (TPSA) is 41.1 Å². The van der Waals surface area contributed by atoms with Crippen LogP contribution in [0.4, 0.5) is 10.5 Å². The maximum Gasteiger partial charge on any atom is 0.319 e. The van der Waals surface area contributed by atoms with Gasteiger partial charge in [-0.05, 0) is 42.9 Å². The average molecular weight is 262 g/mol. The van der Waals surface area contributed by atoms with E-state index >= 15 is 0 Å². The number of rotatable bonds is 7. The fourth-order valence-corrected chi connectivity index (χ4v) is 2.21. The molecule has 1 rings (SSSR count). The van der Waals surface area contributed by atoms with Crippen molar-refractivity contribution in [1.29, 1.82) is 0 Å². The first-order chi connectivity index (χ1) is 9.21. The van der Waals surface area contributed by atoms with Crippen molar-refractivity contribution < 1.29 is 4.79 Å². The summed E-state index contributed by atoms with van der Waals surface area (Å²) in [5.41, 5.74) is 2.22. The van der Waals surface area contributed by atoms with E-state index in [1.165, 1.54) is 18.4 Å². The van der Waals surface area contributed by atoms with Crippen molar-refractivity contribution in [1.82, 2.24) is 5.32 Å². The van der Waals surface area contributed by atoms with Crippen LogP contribution in [0.25, 0.3) is 0 Å². The van der Waals surface area contributed by atoms with Gasteiger partial charge in [0.05, 0.1) is 0 Å². The highest BCUT2D eigenvalue weighted by Gasteiger charge is 2.08. The second-order valence-electron chi connectivity index (χ2n) is 4.90. The van der Waals surface area contributed by atoms with E-state index in [1.807, 2.05) is 19.1 Å². The molecule has 1 aromatic rings. The molecular weight excluding hydrogens is 236 g/mol. The lowest BCUT2D eigenvalue weighted by atomic mass is 9.92. The van der Waals surface area contributed by atoms with Gasteiger partial charge in [0.25, 0.3) is 0 Å². The van der Waals surface area contributed by atoms with Gasteiger partial charge < -0.3 is 10.6 Å². The molecule has 1 aromatic carbocycles. The molecule has 0 spiro atoms. The molecule has 0 bridgehead atoms. The Morgan fingerprint density at radius 1 is 1.11 bits per heavy atom. The molecule has 3 heteroatoms. The summed E-state index contributed by atoms with van der Waals surface area (Å²) in [5, 5.41) is 5.64. The van der Waals surface area contributed by atoms with Crippen LogP contribution in [0.15, 0.2) is 24.3 Å². The van der Waals surface area contributed by atoms with Crippen LogP contribution in [-0.2, 0) is 0 Å². The van der Waals surface area contributed by atoms with E-state index in [2.05, 4.69) is 36.6 Å². The van der Waals surface area contributed by atoms with Crippen LogP contribution < -0.4 is 10.6 Å². The maximum atomic E-state index is 11.5. The number of amides is 2. The van der Waals surface area contributed by atoms with E-state index < -0.39 is 0 Å². The summed E-state index contributed by atoms with van der Waals surface area (Å²) >= 11 is 0. The Kier molecular flexibility index (Phi) is 7.01. The Morgan fingerprint density at radius 3 is 2.32 bits per heavy atom. The number of benzene rings is 1. The molecule has 0 fully saturated rings. The molecule has 2 amide bonds. The minimum atomic E-state index is -0.129. The molecule has 0 saturated carbocycles. The highest BCUT2D eigenvalue weighted by molar-refractivity contribution is 5.89. The Hall–Kier alpha value is -1.51. The Morgan fingerprint density at radius 2 is 1.79 bits per heavy atom. The summed E-state index contributed by atoms with van der Waals surface area (Å²) < 4.78 is 0. The molecule has 0 aliphatic carbocycles. The first-order valence-corrected chi connectivity index (χ1v) is 7.36. The van der Waals surface area contributed by atoms with Crippen LogP contribution in [0, 0.1) is 0 Å². The van der Waals surface area contributed by atoms with Crippen molar-refractivity contribution in [3.05, 3.63) is 29.8 Å². The summed E-state index contributed by atoms with van der Waals surface area (Å²) in [6.07, 6.45) is 4.54. The first-order valence-electron chi connectivity index (χ1n) is 7.36. The highest BCUT2D eigenvalue weighted by Crippen LogP contribution is 2.25. The number of anilines is 1. The number of nitrogens with one attached hydrogen (secondary N) is 2. The molecule has 0 aromatic heterocycles. The predicted octanol–water partition coefficient (Wildman–Crippen LogP) is 4.51. The summed E-state index contributed by atoms with van der Waals surface area (Å²) in [5.74, 6) is 0.632. The van der Waals surface area contributed by atoms with E-state index in [4.69, 9.17) is 0 Å². The lowest BCUT2D eigenvalue weighted by Gasteiger charge is -2.15.